The molecular formula is C20H25F3N4O2S. The summed E-state index contributed by atoms with van der Waals surface area (Å²) < 4.78 is 31.7. The van der Waals surface area contributed by atoms with Crippen LogP contribution in [0.5, 0.6) is 0 Å². The minimum atomic E-state index is -5.08. The zero-order chi connectivity index (χ0) is 21.8. The zero-order valence-corrected chi connectivity index (χ0v) is 17.5. The molecule has 2 aliphatic heterocycles. The lowest BCUT2D eigenvalue weighted by atomic mass is 9.84. The molecule has 0 aromatic carbocycles. The molecule has 2 aliphatic rings. The third-order valence-corrected chi connectivity index (χ3v) is 6.53. The number of aryl methyl sites for hydroxylation is 1. The normalized spacial score (nSPS) is 18.9. The lowest BCUT2D eigenvalue weighted by Gasteiger charge is -2.45. The van der Waals surface area contributed by atoms with Crippen molar-refractivity contribution < 1.29 is 23.1 Å². The molecule has 4 heterocycles. The molecular weight excluding hydrogens is 417 g/mol. The summed E-state index contributed by atoms with van der Waals surface area (Å²) in [6.45, 7) is 6.62. The van der Waals surface area contributed by atoms with E-state index in [-0.39, 0.29) is 0 Å². The van der Waals surface area contributed by atoms with Gasteiger partial charge >= 0.3 is 12.1 Å². The summed E-state index contributed by atoms with van der Waals surface area (Å²) >= 11 is 1.77. The average Bonchev–Trinajstić information content (AvgIpc) is 3.29. The second kappa shape index (κ2) is 9.30. The second-order valence-electron chi connectivity index (χ2n) is 7.61. The van der Waals surface area contributed by atoms with Gasteiger partial charge in [0.15, 0.2) is 0 Å². The van der Waals surface area contributed by atoms with E-state index in [0.717, 1.165) is 19.6 Å². The molecule has 0 bridgehead atoms. The monoisotopic (exact) mass is 442 g/mol. The maximum atomic E-state index is 10.6. The third-order valence-electron chi connectivity index (χ3n) is 5.71. The average molecular weight is 443 g/mol. The number of nitrogens with zero attached hydrogens (tertiary/aromatic N) is 4. The van der Waals surface area contributed by atoms with Crippen LogP contribution in [-0.2, 0) is 11.3 Å². The van der Waals surface area contributed by atoms with Crippen molar-refractivity contribution in [2.75, 3.05) is 24.5 Å². The fraction of sp³-hybridized carbons (Fsp3) is 0.550. The number of carbonyl (C=O) groups is 1. The molecule has 0 unspecified atom stereocenters. The first kappa shape index (κ1) is 22.5. The Kier molecular flexibility index (Phi) is 6.97. The number of aromatic nitrogens is 2. The van der Waals surface area contributed by atoms with Gasteiger partial charge in [0.05, 0.1) is 22.6 Å². The number of likely N-dealkylation sites (tertiary alicyclic amines) is 1. The Balaban J connectivity index is 0.000000318. The molecule has 164 valence electrons. The molecule has 1 N–H and O–H groups in total. The summed E-state index contributed by atoms with van der Waals surface area (Å²) in [5, 5.41) is 10.5. The van der Waals surface area contributed by atoms with E-state index in [2.05, 4.69) is 38.1 Å². The van der Waals surface area contributed by atoms with E-state index in [1.54, 1.807) is 11.3 Å². The van der Waals surface area contributed by atoms with Gasteiger partial charge in [-0.15, -0.1) is 11.3 Å². The minimum absolute atomic E-state index is 0.399. The van der Waals surface area contributed by atoms with Crippen molar-refractivity contribution in [1.82, 2.24) is 14.9 Å². The van der Waals surface area contributed by atoms with Crippen LogP contribution in [0.2, 0.25) is 0 Å². The number of alkyl halides is 3. The van der Waals surface area contributed by atoms with Crippen LogP contribution in [0.4, 0.5) is 18.9 Å². The fourth-order valence-corrected chi connectivity index (χ4v) is 4.81. The molecule has 2 aromatic heterocycles. The van der Waals surface area contributed by atoms with Crippen molar-refractivity contribution in [2.24, 2.45) is 0 Å². The van der Waals surface area contributed by atoms with Crippen molar-refractivity contribution >= 4 is 23.0 Å². The van der Waals surface area contributed by atoms with Crippen molar-refractivity contribution in [1.29, 1.82) is 0 Å². The zero-order valence-electron chi connectivity index (χ0n) is 16.7. The van der Waals surface area contributed by atoms with Gasteiger partial charge in [-0.1, -0.05) is 0 Å². The topological polar surface area (TPSA) is 69.6 Å². The number of carboxylic acids is 1. The molecule has 0 aliphatic carbocycles. The minimum Gasteiger partial charge on any atom is -0.475 e. The number of aliphatic carboxylic acids is 1. The molecule has 0 saturated carbocycles. The largest absolute Gasteiger partial charge is 0.490 e. The number of halogens is 3. The number of piperidine rings is 1. The number of thiazole rings is 1. The number of pyridine rings is 1. The fourth-order valence-electron chi connectivity index (χ4n) is 4.21. The smallest absolute Gasteiger partial charge is 0.475 e. The number of rotatable bonds is 3. The van der Waals surface area contributed by atoms with Crippen molar-refractivity contribution in [2.45, 2.75) is 50.9 Å². The quantitative estimate of drug-likeness (QED) is 0.771. The van der Waals surface area contributed by atoms with Crippen LogP contribution in [0, 0.1) is 6.92 Å². The van der Waals surface area contributed by atoms with Gasteiger partial charge in [0.2, 0.25) is 0 Å². The van der Waals surface area contributed by atoms with Crippen LogP contribution in [-0.4, -0.2) is 57.3 Å². The third kappa shape index (κ3) is 5.48. The Bertz CT molecular complexity index is 836. The van der Waals surface area contributed by atoms with Gasteiger partial charge in [0.1, 0.15) is 0 Å². The molecule has 30 heavy (non-hydrogen) atoms. The highest BCUT2D eigenvalue weighted by Crippen LogP contribution is 2.40. The summed E-state index contributed by atoms with van der Waals surface area (Å²) in [6, 6.07) is 4.21. The highest BCUT2D eigenvalue weighted by atomic mass is 32.1. The van der Waals surface area contributed by atoms with E-state index >= 15 is 0 Å². The van der Waals surface area contributed by atoms with Gasteiger partial charge in [-0.25, -0.2) is 9.78 Å². The van der Waals surface area contributed by atoms with Crippen LogP contribution in [0.3, 0.4) is 0 Å². The summed E-state index contributed by atoms with van der Waals surface area (Å²) in [4.78, 5) is 23.0. The highest BCUT2D eigenvalue weighted by molar-refractivity contribution is 7.09. The Morgan fingerprint density at radius 2 is 1.97 bits per heavy atom. The number of carboxylic acid groups (broad SMARTS) is 1. The molecule has 1 spiro atoms. The first-order valence-electron chi connectivity index (χ1n) is 9.81. The van der Waals surface area contributed by atoms with E-state index in [4.69, 9.17) is 9.90 Å². The van der Waals surface area contributed by atoms with Crippen LogP contribution in [0.1, 0.15) is 36.4 Å². The molecule has 0 atom stereocenters. The lowest BCUT2D eigenvalue weighted by Crippen LogP contribution is -2.51. The summed E-state index contributed by atoms with van der Waals surface area (Å²) in [6.07, 6.45) is 3.94. The molecule has 2 saturated heterocycles. The number of hydrogen-bond donors (Lipinski definition) is 1. The Morgan fingerprint density at radius 3 is 2.50 bits per heavy atom. The van der Waals surface area contributed by atoms with E-state index in [1.165, 1.54) is 48.6 Å². The van der Waals surface area contributed by atoms with E-state index in [0.29, 0.717) is 5.54 Å². The predicted molar refractivity (Wildman–Crippen MR) is 109 cm³/mol. The van der Waals surface area contributed by atoms with Crippen molar-refractivity contribution in [3.05, 3.63) is 40.6 Å². The molecule has 0 amide bonds. The first-order valence-corrected chi connectivity index (χ1v) is 10.7. The maximum absolute atomic E-state index is 10.6. The lowest BCUT2D eigenvalue weighted by molar-refractivity contribution is -0.192. The highest BCUT2D eigenvalue weighted by Gasteiger charge is 2.43. The van der Waals surface area contributed by atoms with E-state index in [1.807, 2.05) is 18.5 Å². The molecule has 2 aromatic rings. The van der Waals surface area contributed by atoms with Crippen LogP contribution >= 0.6 is 11.3 Å². The van der Waals surface area contributed by atoms with Crippen molar-refractivity contribution in [3.8, 4) is 0 Å². The van der Waals surface area contributed by atoms with Gasteiger partial charge in [0, 0.05) is 36.8 Å². The van der Waals surface area contributed by atoms with E-state index in [9.17, 15) is 13.2 Å². The number of hydrogen-bond acceptors (Lipinski definition) is 6. The van der Waals surface area contributed by atoms with Gasteiger partial charge in [-0.2, -0.15) is 13.2 Å². The number of anilines is 1. The van der Waals surface area contributed by atoms with Crippen LogP contribution in [0.15, 0.2) is 29.9 Å². The van der Waals surface area contributed by atoms with Crippen LogP contribution in [0.25, 0.3) is 0 Å². The molecule has 6 nitrogen and oxygen atoms in total. The summed E-state index contributed by atoms with van der Waals surface area (Å²) in [5.74, 6) is -2.76. The molecule has 10 heteroatoms. The first-order chi connectivity index (χ1) is 14.2. The van der Waals surface area contributed by atoms with Crippen LogP contribution < -0.4 is 4.90 Å². The predicted octanol–water partition coefficient (Wildman–Crippen LogP) is 4.11. The van der Waals surface area contributed by atoms with Crippen molar-refractivity contribution in [3.63, 3.8) is 0 Å². The van der Waals surface area contributed by atoms with Gasteiger partial charge in [0.25, 0.3) is 0 Å². The SMILES string of the molecule is Cc1nc(CN2CCCC23CCN(c2cccnc2)CC3)cs1.O=C(O)C(F)(F)F. The maximum Gasteiger partial charge on any atom is 0.490 e. The molecule has 4 rings (SSSR count). The molecule has 0 radical (unpaired) electrons. The van der Waals surface area contributed by atoms with Gasteiger partial charge in [-0.3, -0.25) is 9.88 Å². The van der Waals surface area contributed by atoms with Gasteiger partial charge < -0.3 is 10.0 Å². The standard InChI is InChI=1S/C18H24N4S.C2HF3O2/c1-15-20-16(14-23-15)13-22-9-3-5-18(22)6-10-21(11-7-18)17-4-2-8-19-12-17;3-2(4,5)1(6)7/h2,4,8,12,14H,3,5-7,9-11,13H2,1H3;(H,6,7). The van der Waals surface area contributed by atoms with E-state index < -0.39 is 12.1 Å². The van der Waals surface area contributed by atoms with Gasteiger partial charge in [-0.05, 0) is 51.3 Å². The summed E-state index contributed by atoms with van der Waals surface area (Å²) in [5.41, 5.74) is 2.92. The Labute approximate surface area is 177 Å². The Morgan fingerprint density at radius 1 is 1.27 bits per heavy atom. The molecule has 2 fully saturated rings. The Hall–Kier alpha value is -2.20. The second-order valence-corrected chi connectivity index (χ2v) is 8.67. The summed E-state index contributed by atoms with van der Waals surface area (Å²) in [7, 11) is 0.